The summed E-state index contributed by atoms with van der Waals surface area (Å²) in [5, 5.41) is 5.58. The molecule has 1 fully saturated rings. The van der Waals surface area contributed by atoms with Crippen molar-refractivity contribution in [3.05, 3.63) is 90.1 Å². The smallest absolute Gasteiger partial charge is 0.408 e. The fraction of sp³-hybridized carbons (Fsp3) is 0.269. The van der Waals surface area contributed by atoms with Gasteiger partial charge in [0, 0.05) is 19.5 Å². The molecule has 2 heterocycles. The Morgan fingerprint density at radius 2 is 1.58 bits per heavy atom. The van der Waals surface area contributed by atoms with E-state index in [0.29, 0.717) is 12.1 Å². The molecular weight excluding hydrogens is 416 g/mol. The number of carbonyl (C=O) groups is 2. The predicted molar refractivity (Wildman–Crippen MR) is 128 cm³/mol. The zero-order chi connectivity index (χ0) is 22.9. The van der Waals surface area contributed by atoms with Gasteiger partial charge in [-0.1, -0.05) is 60.7 Å². The first kappa shape index (κ1) is 22.3. The second-order valence-corrected chi connectivity index (χ2v) is 8.04. The van der Waals surface area contributed by atoms with Crippen molar-refractivity contribution in [1.29, 1.82) is 0 Å². The summed E-state index contributed by atoms with van der Waals surface area (Å²) >= 11 is 0. The molecule has 4 rings (SSSR count). The fourth-order valence-electron chi connectivity index (χ4n) is 3.79. The summed E-state index contributed by atoms with van der Waals surface area (Å²) in [5.41, 5.74) is 2.39. The first-order valence-corrected chi connectivity index (χ1v) is 11.2. The highest BCUT2D eigenvalue weighted by Gasteiger charge is 2.23. The van der Waals surface area contributed by atoms with Crippen LogP contribution in [0.15, 0.2) is 79.0 Å². The van der Waals surface area contributed by atoms with Crippen LogP contribution in [-0.2, 0) is 22.6 Å². The summed E-state index contributed by atoms with van der Waals surface area (Å²) in [6.45, 7) is 2.15. The fourth-order valence-corrected chi connectivity index (χ4v) is 3.79. The Morgan fingerprint density at radius 3 is 2.21 bits per heavy atom. The van der Waals surface area contributed by atoms with E-state index < -0.39 is 12.1 Å². The van der Waals surface area contributed by atoms with Crippen molar-refractivity contribution < 1.29 is 14.3 Å². The highest BCUT2D eigenvalue weighted by molar-refractivity contribution is 5.96. The van der Waals surface area contributed by atoms with Gasteiger partial charge in [0.1, 0.15) is 18.5 Å². The Bertz CT molecular complexity index is 1040. The lowest BCUT2D eigenvalue weighted by atomic mass is 10.1. The molecule has 33 heavy (non-hydrogen) atoms. The molecule has 1 atom stereocenters. The zero-order valence-corrected chi connectivity index (χ0v) is 18.4. The Balaban J connectivity index is 1.39. The van der Waals surface area contributed by atoms with E-state index in [0.717, 1.165) is 30.0 Å². The number of nitrogens with one attached hydrogen (secondary N) is 2. The third kappa shape index (κ3) is 6.55. The van der Waals surface area contributed by atoms with Crippen LogP contribution in [0.1, 0.15) is 24.0 Å². The van der Waals surface area contributed by atoms with Gasteiger partial charge >= 0.3 is 6.09 Å². The number of amides is 2. The van der Waals surface area contributed by atoms with Crippen LogP contribution in [0.25, 0.3) is 0 Å². The maximum Gasteiger partial charge on any atom is 0.408 e. The molecule has 1 unspecified atom stereocenters. The number of alkyl carbamates (subject to hydrolysis) is 1. The molecule has 7 nitrogen and oxygen atoms in total. The first-order chi connectivity index (χ1) is 16.2. The van der Waals surface area contributed by atoms with Gasteiger partial charge in [-0.3, -0.25) is 4.79 Å². The lowest BCUT2D eigenvalue weighted by molar-refractivity contribution is -0.118. The quantitative estimate of drug-likeness (QED) is 0.545. The van der Waals surface area contributed by atoms with Crippen LogP contribution >= 0.6 is 0 Å². The molecule has 0 radical (unpaired) electrons. The third-order valence-corrected chi connectivity index (χ3v) is 5.55. The molecule has 1 aliphatic heterocycles. The van der Waals surface area contributed by atoms with E-state index in [4.69, 9.17) is 4.74 Å². The van der Waals surface area contributed by atoms with Crippen LogP contribution in [0.5, 0.6) is 0 Å². The lowest BCUT2D eigenvalue weighted by Gasteiger charge is -2.19. The van der Waals surface area contributed by atoms with E-state index in [1.807, 2.05) is 72.8 Å². The van der Waals surface area contributed by atoms with Gasteiger partial charge in [-0.15, -0.1) is 0 Å². The molecule has 7 heteroatoms. The van der Waals surface area contributed by atoms with Crippen molar-refractivity contribution in [1.82, 2.24) is 10.3 Å². The van der Waals surface area contributed by atoms with Gasteiger partial charge in [0.2, 0.25) is 5.91 Å². The minimum atomic E-state index is -0.797. The highest BCUT2D eigenvalue weighted by atomic mass is 16.5. The van der Waals surface area contributed by atoms with E-state index in [2.05, 4.69) is 20.5 Å². The van der Waals surface area contributed by atoms with Crippen LogP contribution in [0.4, 0.5) is 16.3 Å². The van der Waals surface area contributed by atoms with Gasteiger partial charge in [0.05, 0.1) is 11.9 Å². The second-order valence-electron chi connectivity index (χ2n) is 8.04. The van der Waals surface area contributed by atoms with E-state index in [9.17, 15) is 9.59 Å². The molecule has 170 valence electrons. The van der Waals surface area contributed by atoms with E-state index >= 15 is 0 Å². The van der Waals surface area contributed by atoms with Crippen molar-refractivity contribution in [2.45, 2.75) is 31.9 Å². The van der Waals surface area contributed by atoms with Crippen LogP contribution in [0.3, 0.4) is 0 Å². The maximum atomic E-state index is 13.0. The Labute approximate surface area is 193 Å². The van der Waals surface area contributed by atoms with Crippen molar-refractivity contribution in [2.24, 2.45) is 0 Å². The molecule has 2 amide bonds. The summed E-state index contributed by atoms with van der Waals surface area (Å²) in [7, 11) is 0. The van der Waals surface area contributed by atoms with Crippen LogP contribution in [0.2, 0.25) is 0 Å². The number of benzene rings is 2. The molecule has 3 aromatic rings. The minimum absolute atomic E-state index is 0.133. The normalized spacial score (nSPS) is 13.9. The Morgan fingerprint density at radius 1 is 0.909 bits per heavy atom. The summed E-state index contributed by atoms with van der Waals surface area (Å²) < 4.78 is 5.32. The standard InChI is InChI=1S/C26H28N4O3/c31-25(28-22-13-14-24(27-18-22)30-15-7-8-16-30)23(17-20-9-3-1-4-10-20)29-26(32)33-19-21-11-5-2-6-12-21/h1-6,9-14,18,23H,7-8,15-17,19H2,(H,28,31)(H,29,32). The number of hydrogen-bond donors (Lipinski definition) is 2. The van der Waals surface area contributed by atoms with Crippen molar-refractivity contribution in [3.8, 4) is 0 Å². The topological polar surface area (TPSA) is 83.6 Å². The maximum absolute atomic E-state index is 13.0. The molecule has 1 aliphatic rings. The predicted octanol–water partition coefficient (Wildman–Crippen LogP) is 4.16. The van der Waals surface area contributed by atoms with E-state index in [-0.39, 0.29) is 12.5 Å². The summed E-state index contributed by atoms with van der Waals surface area (Å²) in [4.78, 5) is 32.2. The number of pyridine rings is 1. The van der Waals surface area contributed by atoms with Gasteiger partial charge in [-0.25, -0.2) is 9.78 Å². The molecule has 0 aliphatic carbocycles. The zero-order valence-electron chi connectivity index (χ0n) is 18.4. The molecule has 0 saturated carbocycles. The SMILES string of the molecule is O=C(NC(Cc1ccccc1)C(=O)Nc1ccc(N2CCCC2)nc1)OCc1ccccc1. The largest absolute Gasteiger partial charge is 0.445 e. The molecular formula is C26H28N4O3. The van der Waals surface area contributed by atoms with Crippen LogP contribution < -0.4 is 15.5 Å². The number of aromatic nitrogens is 1. The molecule has 2 N–H and O–H groups in total. The van der Waals surface area contributed by atoms with Crippen LogP contribution in [0, 0.1) is 0 Å². The van der Waals surface area contributed by atoms with Crippen molar-refractivity contribution in [3.63, 3.8) is 0 Å². The van der Waals surface area contributed by atoms with Crippen molar-refractivity contribution in [2.75, 3.05) is 23.3 Å². The summed E-state index contributed by atoms with van der Waals surface area (Å²) in [6, 6.07) is 21.9. The van der Waals surface area contributed by atoms with Gasteiger partial charge in [0.15, 0.2) is 0 Å². The number of rotatable bonds is 8. The summed E-state index contributed by atoms with van der Waals surface area (Å²) in [5.74, 6) is 0.584. The lowest BCUT2D eigenvalue weighted by Crippen LogP contribution is -2.45. The summed E-state index contributed by atoms with van der Waals surface area (Å²) in [6.07, 6.45) is 3.70. The Hall–Kier alpha value is -3.87. The number of hydrogen-bond acceptors (Lipinski definition) is 5. The van der Waals surface area contributed by atoms with Gasteiger partial charge < -0.3 is 20.3 Å². The molecule has 0 spiro atoms. The Kier molecular flexibility index (Phi) is 7.53. The second kappa shape index (κ2) is 11.1. The molecule has 0 bridgehead atoms. The van der Waals surface area contributed by atoms with Gasteiger partial charge in [0.25, 0.3) is 0 Å². The van der Waals surface area contributed by atoms with Gasteiger partial charge in [-0.05, 0) is 36.1 Å². The average molecular weight is 445 g/mol. The number of nitrogens with zero attached hydrogens (tertiary/aromatic N) is 2. The molecule has 1 aromatic heterocycles. The first-order valence-electron chi connectivity index (χ1n) is 11.2. The van der Waals surface area contributed by atoms with E-state index in [1.165, 1.54) is 12.8 Å². The number of carbonyl (C=O) groups excluding carboxylic acids is 2. The molecule has 1 saturated heterocycles. The third-order valence-electron chi connectivity index (χ3n) is 5.55. The van der Waals surface area contributed by atoms with Gasteiger partial charge in [-0.2, -0.15) is 0 Å². The number of anilines is 2. The minimum Gasteiger partial charge on any atom is -0.445 e. The molecule has 2 aromatic carbocycles. The van der Waals surface area contributed by atoms with Crippen molar-refractivity contribution >= 4 is 23.5 Å². The monoisotopic (exact) mass is 444 g/mol. The van der Waals surface area contributed by atoms with E-state index in [1.54, 1.807) is 6.20 Å². The van der Waals surface area contributed by atoms with Crippen LogP contribution in [-0.4, -0.2) is 36.1 Å². The number of ether oxygens (including phenoxy) is 1. The average Bonchev–Trinajstić information content (AvgIpc) is 3.39. The highest BCUT2D eigenvalue weighted by Crippen LogP contribution is 2.19.